The van der Waals surface area contributed by atoms with Gasteiger partial charge >= 0.3 is 0 Å². The third kappa shape index (κ3) is 2.71. The molecule has 1 amide bonds. The minimum Gasteiger partial charge on any atom is -0.496 e. The Labute approximate surface area is 114 Å². The number of carbonyl (C=O) groups excluding carboxylic acids is 1. The minimum absolute atomic E-state index is 0.110. The Morgan fingerprint density at radius 1 is 1.53 bits per heavy atom. The third-order valence-corrected chi connectivity index (χ3v) is 3.60. The molecule has 5 nitrogen and oxygen atoms in total. The topological polar surface area (TPSA) is 54.5 Å². The van der Waals surface area contributed by atoms with E-state index < -0.39 is 0 Å². The molecule has 1 aliphatic heterocycles. The molecule has 1 saturated heterocycles. The fourth-order valence-corrected chi connectivity index (χ4v) is 2.46. The molecule has 2 heterocycles. The monoisotopic (exact) mass is 263 g/mol. The van der Waals surface area contributed by atoms with Gasteiger partial charge in [0.1, 0.15) is 5.75 Å². The van der Waals surface area contributed by atoms with Gasteiger partial charge in [0, 0.05) is 30.4 Å². The van der Waals surface area contributed by atoms with Gasteiger partial charge in [0.15, 0.2) is 0 Å². The molecule has 1 fully saturated rings. The number of pyridine rings is 1. The van der Waals surface area contributed by atoms with Crippen LogP contribution in [0, 0.1) is 13.8 Å². The van der Waals surface area contributed by atoms with Crippen molar-refractivity contribution in [1.82, 2.24) is 15.2 Å². The van der Waals surface area contributed by atoms with Crippen LogP contribution >= 0.6 is 0 Å². The molecular formula is C14H21N3O2. The molecule has 1 unspecified atom stereocenters. The van der Waals surface area contributed by atoms with Crippen LogP contribution < -0.4 is 10.1 Å². The maximum atomic E-state index is 12.1. The molecule has 19 heavy (non-hydrogen) atoms. The van der Waals surface area contributed by atoms with Gasteiger partial charge in [-0.1, -0.05) is 0 Å². The van der Waals surface area contributed by atoms with Crippen molar-refractivity contribution in [3.8, 4) is 5.75 Å². The first-order valence-electron chi connectivity index (χ1n) is 6.55. The summed E-state index contributed by atoms with van der Waals surface area (Å²) in [5.41, 5.74) is 2.94. The zero-order chi connectivity index (χ0) is 14.0. The number of rotatable bonds is 3. The molecule has 5 heteroatoms. The van der Waals surface area contributed by atoms with Gasteiger partial charge in [0.25, 0.3) is 0 Å². The van der Waals surface area contributed by atoms with E-state index in [1.807, 2.05) is 25.7 Å². The Morgan fingerprint density at radius 2 is 2.26 bits per heavy atom. The molecule has 0 aliphatic carbocycles. The lowest BCUT2D eigenvalue weighted by Crippen LogP contribution is -2.53. The number of piperazine rings is 1. The summed E-state index contributed by atoms with van der Waals surface area (Å²) in [4.78, 5) is 18.4. The summed E-state index contributed by atoms with van der Waals surface area (Å²) in [6.45, 7) is 7.96. The second kappa shape index (κ2) is 5.57. The number of amides is 1. The van der Waals surface area contributed by atoms with Crippen LogP contribution in [0.5, 0.6) is 5.75 Å². The molecule has 0 aromatic carbocycles. The van der Waals surface area contributed by atoms with Gasteiger partial charge in [-0.25, -0.2) is 0 Å². The average molecular weight is 263 g/mol. The van der Waals surface area contributed by atoms with Gasteiger partial charge in [-0.05, 0) is 20.8 Å². The fourth-order valence-electron chi connectivity index (χ4n) is 2.46. The van der Waals surface area contributed by atoms with E-state index in [0.717, 1.165) is 35.7 Å². The highest BCUT2D eigenvalue weighted by Gasteiger charge is 2.25. The number of nitrogens with one attached hydrogen (secondary N) is 1. The van der Waals surface area contributed by atoms with Crippen LogP contribution in [-0.2, 0) is 11.3 Å². The Balaban J connectivity index is 2.22. The first kappa shape index (κ1) is 13.8. The fraction of sp³-hybridized carbons (Fsp3) is 0.571. The minimum atomic E-state index is -0.110. The Morgan fingerprint density at radius 3 is 2.95 bits per heavy atom. The van der Waals surface area contributed by atoms with E-state index in [1.165, 1.54) is 0 Å². The van der Waals surface area contributed by atoms with Gasteiger partial charge < -0.3 is 15.0 Å². The van der Waals surface area contributed by atoms with Crippen LogP contribution in [-0.4, -0.2) is 42.0 Å². The van der Waals surface area contributed by atoms with E-state index >= 15 is 0 Å². The molecule has 0 spiro atoms. The first-order valence-corrected chi connectivity index (χ1v) is 6.55. The lowest BCUT2D eigenvalue weighted by Gasteiger charge is -2.31. The summed E-state index contributed by atoms with van der Waals surface area (Å²) in [6, 6.07) is -0.110. The van der Waals surface area contributed by atoms with Gasteiger partial charge in [0.05, 0.1) is 25.4 Å². The van der Waals surface area contributed by atoms with Gasteiger partial charge in [-0.2, -0.15) is 0 Å². The second-order valence-corrected chi connectivity index (χ2v) is 4.98. The summed E-state index contributed by atoms with van der Waals surface area (Å²) in [5.74, 6) is 0.993. The van der Waals surface area contributed by atoms with Crippen LogP contribution in [0.1, 0.15) is 23.7 Å². The summed E-state index contributed by atoms with van der Waals surface area (Å²) < 4.78 is 5.40. The van der Waals surface area contributed by atoms with E-state index in [-0.39, 0.29) is 11.9 Å². The summed E-state index contributed by atoms with van der Waals surface area (Å²) in [7, 11) is 1.66. The molecule has 1 aliphatic rings. The number of ether oxygens (including phenoxy) is 1. The molecule has 0 saturated carbocycles. The van der Waals surface area contributed by atoms with Crippen molar-refractivity contribution in [3.63, 3.8) is 0 Å². The van der Waals surface area contributed by atoms with Crippen molar-refractivity contribution in [2.75, 3.05) is 20.2 Å². The number of hydrogen-bond donors (Lipinski definition) is 1. The molecule has 1 N–H and O–H groups in total. The molecule has 1 atom stereocenters. The summed E-state index contributed by atoms with van der Waals surface area (Å²) in [5, 5.41) is 3.16. The number of nitrogens with zero attached hydrogens (tertiary/aromatic N) is 2. The van der Waals surface area contributed by atoms with Crippen molar-refractivity contribution in [1.29, 1.82) is 0 Å². The Kier molecular flexibility index (Phi) is 4.04. The smallest absolute Gasteiger partial charge is 0.239 e. The summed E-state index contributed by atoms with van der Waals surface area (Å²) in [6.07, 6.45) is 1.80. The first-order chi connectivity index (χ1) is 9.04. The molecule has 1 aromatic rings. The van der Waals surface area contributed by atoms with Gasteiger partial charge in [-0.15, -0.1) is 0 Å². The Hall–Kier alpha value is -1.62. The van der Waals surface area contributed by atoms with Crippen LogP contribution in [0.15, 0.2) is 6.20 Å². The van der Waals surface area contributed by atoms with Crippen LogP contribution in [0.2, 0.25) is 0 Å². The van der Waals surface area contributed by atoms with Crippen LogP contribution in [0.4, 0.5) is 0 Å². The highest BCUT2D eigenvalue weighted by atomic mass is 16.5. The average Bonchev–Trinajstić information content (AvgIpc) is 2.39. The lowest BCUT2D eigenvalue weighted by molar-refractivity contribution is -0.135. The van der Waals surface area contributed by atoms with Crippen molar-refractivity contribution < 1.29 is 9.53 Å². The summed E-state index contributed by atoms with van der Waals surface area (Å²) >= 11 is 0. The predicted octanol–water partition coefficient (Wildman–Crippen LogP) is 1.03. The van der Waals surface area contributed by atoms with E-state index in [2.05, 4.69) is 10.3 Å². The number of methoxy groups -OCH3 is 1. The maximum absolute atomic E-state index is 12.1. The highest BCUT2D eigenvalue weighted by Crippen LogP contribution is 2.25. The third-order valence-electron chi connectivity index (χ3n) is 3.60. The number of aromatic nitrogens is 1. The highest BCUT2D eigenvalue weighted by molar-refractivity contribution is 5.82. The standard InChI is InChI=1S/C14H21N3O2/c1-9-7-16-12(10(2)13(9)19-4)8-17-6-5-15-11(3)14(17)18/h7,11,15H,5-6,8H2,1-4H3. The molecule has 104 valence electrons. The predicted molar refractivity (Wildman–Crippen MR) is 73.1 cm³/mol. The molecule has 0 radical (unpaired) electrons. The molecule has 1 aromatic heterocycles. The largest absolute Gasteiger partial charge is 0.496 e. The van der Waals surface area contributed by atoms with E-state index in [0.29, 0.717) is 6.54 Å². The van der Waals surface area contributed by atoms with E-state index in [4.69, 9.17) is 4.74 Å². The lowest BCUT2D eigenvalue weighted by atomic mass is 10.1. The van der Waals surface area contributed by atoms with E-state index in [1.54, 1.807) is 13.3 Å². The SMILES string of the molecule is COc1c(C)cnc(CN2CCNC(C)C2=O)c1C. The maximum Gasteiger partial charge on any atom is 0.239 e. The van der Waals surface area contributed by atoms with Crippen molar-refractivity contribution >= 4 is 5.91 Å². The van der Waals surface area contributed by atoms with Crippen LogP contribution in [0.25, 0.3) is 0 Å². The number of carbonyl (C=O) groups is 1. The molecule has 2 rings (SSSR count). The van der Waals surface area contributed by atoms with E-state index in [9.17, 15) is 4.79 Å². The van der Waals surface area contributed by atoms with Gasteiger partial charge in [0.2, 0.25) is 5.91 Å². The normalized spacial score (nSPS) is 19.7. The van der Waals surface area contributed by atoms with Gasteiger partial charge in [-0.3, -0.25) is 9.78 Å². The molecule has 0 bridgehead atoms. The number of hydrogen-bond acceptors (Lipinski definition) is 4. The zero-order valence-electron chi connectivity index (χ0n) is 12.0. The van der Waals surface area contributed by atoms with Crippen molar-refractivity contribution in [2.45, 2.75) is 33.4 Å². The van der Waals surface area contributed by atoms with Crippen molar-refractivity contribution in [2.24, 2.45) is 0 Å². The Bertz CT molecular complexity index is 488. The second-order valence-electron chi connectivity index (χ2n) is 4.98. The number of aryl methyl sites for hydroxylation is 1. The molecular weight excluding hydrogens is 242 g/mol. The quantitative estimate of drug-likeness (QED) is 0.885. The van der Waals surface area contributed by atoms with Crippen molar-refractivity contribution in [3.05, 3.63) is 23.0 Å². The zero-order valence-corrected chi connectivity index (χ0v) is 12.0. The van der Waals surface area contributed by atoms with Crippen LogP contribution in [0.3, 0.4) is 0 Å².